The maximum atomic E-state index is 11.1. The molecule has 6 nitrogen and oxygen atoms in total. The number of hydrogen-bond donors (Lipinski definition) is 3. The molecular formula is C8H16N2O4. The van der Waals surface area contributed by atoms with Crippen molar-refractivity contribution in [3.63, 3.8) is 0 Å². The molecule has 0 fully saturated rings. The first-order valence-corrected chi connectivity index (χ1v) is 4.29. The zero-order chi connectivity index (χ0) is 11.1. The van der Waals surface area contributed by atoms with Crippen LogP contribution in [0.25, 0.3) is 0 Å². The van der Waals surface area contributed by atoms with Gasteiger partial charge in [-0.25, -0.2) is 0 Å². The molecule has 0 aromatic heterocycles. The predicted molar refractivity (Wildman–Crippen MR) is 49.8 cm³/mol. The molecule has 0 spiro atoms. The molecule has 0 radical (unpaired) electrons. The fourth-order valence-electron chi connectivity index (χ4n) is 0.844. The van der Waals surface area contributed by atoms with Crippen LogP contribution >= 0.6 is 0 Å². The average molecular weight is 204 g/mol. The van der Waals surface area contributed by atoms with Crippen LogP contribution < -0.4 is 5.32 Å². The highest BCUT2D eigenvalue weighted by Gasteiger charge is 2.14. The van der Waals surface area contributed by atoms with Gasteiger partial charge in [-0.1, -0.05) is 0 Å². The number of nitrogens with zero attached hydrogens (tertiary/aromatic N) is 1. The fraction of sp³-hybridized carbons (Fsp3) is 0.750. The van der Waals surface area contributed by atoms with E-state index in [9.17, 15) is 9.59 Å². The lowest BCUT2D eigenvalue weighted by Crippen LogP contribution is -2.43. The van der Waals surface area contributed by atoms with Gasteiger partial charge in [0.25, 0.3) is 0 Å². The van der Waals surface area contributed by atoms with Crippen LogP contribution in [0.2, 0.25) is 0 Å². The minimum absolute atomic E-state index is 0.0295. The summed E-state index contributed by atoms with van der Waals surface area (Å²) in [6.45, 7) is 1.83. The Morgan fingerprint density at radius 1 is 1.50 bits per heavy atom. The number of nitrogens with one attached hydrogen (secondary N) is 1. The van der Waals surface area contributed by atoms with E-state index in [1.54, 1.807) is 11.9 Å². The zero-order valence-electron chi connectivity index (χ0n) is 8.36. The van der Waals surface area contributed by atoms with Crippen molar-refractivity contribution in [1.82, 2.24) is 10.2 Å². The van der Waals surface area contributed by atoms with Gasteiger partial charge >= 0.3 is 5.97 Å². The second kappa shape index (κ2) is 6.33. The molecule has 82 valence electrons. The number of hydrogen-bond acceptors (Lipinski definition) is 4. The average Bonchev–Trinajstić information content (AvgIpc) is 2.03. The summed E-state index contributed by atoms with van der Waals surface area (Å²) in [6.07, 6.45) is 0. The summed E-state index contributed by atoms with van der Waals surface area (Å²) < 4.78 is 0. The maximum Gasteiger partial charge on any atom is 0.325 e. The van der Waals surface area contributed by atoms with Gasteiger partial charge in [-0.15, -0.1) is 0 Å². The molecule has 3 N–H and O–H groups in total. The molecular weight excluding hydrogens is 188 g/mol. The summed E-state index contributed by atoms with van der Waals surface area (Å²) in [5.41, 5.74) is 0. The van der Waals surface area contributed by atoms with Crippen LogP contribution in [0.3, 0.4) is 0 Å². The Kier molecular flexibility index (Phi) is 5.82. The van der Waals surface area contributed by atoms with Gasteiger partial charge in [0.1, 0.15) is 6.04 Å². The van der Waals surface area contributed by atoms with Crippen molar-refractivity contribution in [2.75, 3.05) is 26.7 Å². The van der Waals surface area contributed by atoms with Gasteiger partial charge in [0.2, 0.25) is 5.91 Å². The Balaban J connectivity index is 3.80. The maximum absolute atomic E-state index is 11.1. The van der Waals surface area contributed by atoms with E-state index in [1.165, 1.54) is 6.92 Å². The molecule has 0 aromatic carbocycles. The Morgan fingerprint density at radius 2 is 2.07 bits per heavy atom. The van der Waals surface area contributed by atoms with Crippen LogP contribution in [0.1, 0.15) is 6.92 Å². The first-order valence-electron chi connectivity index (χ1n) is 4.29. The van der Waals surface area contributed by atoms with Gasteiger partial charge in [-0.05, 0) is 14.0 Å². The topological polar surface area (TPSA) is 89.9 Å². The normalized spacial score (nSPS) is 12.6. The van der Waals surface area contributed by atoms with E-state index in [1.807, 2.05) is 0 Å². The molecule has 0 aliphatic heterocycles. The van der Waals surface area contributed by atoms with Crippen molar-refractivity contribution in [3.05, 3.63) is 0 Å². The number of rotatable bonds is 6. The summed E-state index contributed by atoms with van der Waals surface area (Å²) in [5, 5.41) is 19.4. The Bertz CT molecular complexity index is 208. The molecule has 0 saturated heterocycles. The lowest BCUT2D eigenvalue weighted by atomic mass is 10.3. The lowest BCUT2D eigenvalue weighted by Gasteiger charge is -2.15. The predicted octanol–water partition coefficient (Wildman–Crippen LogP) is -1.50. The number of carboxylic acids is 1. The number of amides is 1. The minimum Gasteiger partial charge on any atom is -0.480 e. The first kappa shape index (κ1) is 12.9. The number of aliphatic hydroxyl groups excluding tert-OH is 1. The van der Waals surface area contributed by atoms with Crippen molar-refractivity contribution in [2.24, 2.45) is 0 Å². The molecule has 1 atom stereocenters. The van der Waals surface area contributed by atoms with E-state index in [-0.39, 0.29) is 19.1 Å². The second-order valence-electron chi connectivity index (χ2n) is 3.09. The van der Waals surface area contributed by atoms with Gasteiger partial charge in [-0.2, -0.15) is 0 Å². The Hall–Kier alpha value is -1.14. The molecule has 6 heteroatoms. The third kappa shape index (κ3) is 5.50. The second-order valence-corrected chi connectivity index (χ2v) is 3.09. The van der Waals surface area contributed by atoms with Crippen molar-refractivity contribution in [1.29, 1.82) is 0 Å². The highest BCUT2D eigenvalue weighted by molar-refractivity contribution is 5.84. The molecule has 0 bridgehead atoms. The molecule has 0 saturated carbocycles. The van der Waals surface area contributed by atoms with Gasteiger partial charge in [0, 0.05) is 6.54 Å². The summed E-state index contributed by atoms with van der Waals surface area (Å²) >= 11 is 0. The third-order valence-electron chi connectivity index (χ3n) is 1.64. The molecule has 0 aliphatic rings. The molecule has 0 aromatic rings. The van der Waals surface area contributed by atoms with Crippen LogP contribution in [0.4, 0.5) is 0 Å². The van der Waals surface area contributed by atoms with Crippen molar-refractivity contribution >= 4 is 11.9 Å². The Morgan fingerprint density at radius 3 is 2.50 bits per heavy atom. The third-order valence-corrected chi connectivity index (χ3v) is 1.64. The molecule has 0 aliphatic carbocycles. The van der Waals surface area contributed by atoms with Crippen LogP contribution in [0.15, 0.2) is 0 Å². The molecule has 0 heterocycles. The van der Waals surface area contributed by atoms with Gasteiger partial charge < -0.3 is 15.5 Å². The van der Waals surface area contributed by atoms with Crippen LogP contribution in [-0.4, -0.2) is 59.8 Å². The zero-order valence-corrected chi connectivity index (χ0v) is 8.36. The highest BCUT2D eigenvalue weighted by Crippen LogP contribution is 1.84. The smallest absolute Gasteiger partial charge is 0.325 e. The molecule has 1 amide bonds. The van der Waals surface area contributed by atoms with E-state index in [0.717, 1.165) is 0 Å². The number of aliphatic carboxylic acids is 1. The number of carbonyl (C=O) groups is 2. The number of carboxylic acid groups (broad SMARTS) is 1. The van der Waals surface area contributed by atoms with E-state index in [0.29, 0.717) is 6.54 Å². The monoisotopic (exact) mass is 204 g/mol. The van der Waals surface area contributed by atoms with Crippen LogP contribution in [0.5, 0.6) is 0 Å². The molecule has 1 unspecified atom stereocenters. The van der Waals surface area contributed by atoms with Gasteiger partial charge in [-0.3, -0.25) is 14.5 Å². The summed E-state index contributed by atoms with van der Waals surface area (Å²) in [4.78, 5) is 23.1. The van der Waals surface area contributed by atoms with E-state index >= 15 is 0 Å². The van der Waals surface area contributed by atoms with Gasteiger partial charge in [0.05, 0.1) is 13.2 Å². The quantitative estimate of drug-likeness (QED) is 0.490. The number of aliphatic hydroxyl groups is 1. The first-order chi connectivity index (χ1) is 6.47. The summed E-state index contributed by atoms with van der Waals surface area (Å²) in [6, 6.07) is -0.884. The van der Waals surface area contributed by atoms with Crippen molar-refractivity contribution in [2.45, 2.75) is 13.0 Å². The molecule has 0 rings (SSSR count). The number of likely N-dealkylation sites (N-methyl/N-ethyl adjacent to an activating group) is 1. The fourth-order valence-corrected chi connectivity index (χ4v) is 0.844. The Labute approximate surface area is 82.5 Å². The largest absolute Gasteiger partial charge is 0.480 e. The number of carbonyl (C=O) groups excluding carboxylic acids is 1. The summed E-state index contributed by atoms with van der Waals surface area (Å²) in [7, 11) is 1.67. The van der Waals surface area contributed by atoms with Gasteiger partial charge in [0.15, 0.2) is 0 Å². The van der Waals surface area contributed by atoms with E-state index in [4.69, 9.17) is 10.2 Å². The lowest BCUT2D eigenvalue weighted by molar-refractivity contribution is -0.141. The highest BCUT2D eigenvalue weighted by atomic mass is 16.4. The van der Waals surface area contributed by atoms with Crippen molar-refractivity contribution < 1.29 is 19.8 Å². The van der Waals surface area contributed by atoms with E-state index < -0.39 is 12.0 Å². The van der Waals surface area contributed by atoms with Crippen LogP contribution in [-0.2, 0) is 9.59 Å². The summed E-state index contributed by atoms with van der Waals surface area (Å²) in [5.74, 6) is -1.43. The van der Waals surface area contributed by atoms with E-state index in [2.05, 4.69) is 5.32 Å². The van der Waals surface area contributed by atoms with Crippen molar-refractivity contribution in [3.8, 4) is 0 Å². The standard InChI is InChI=1S/C8H16N2O4/c1-6(8(13)14)9-7(12)5-10(2)3-4-11/h6,11H,3-5H2,1-2H3,(H,9,12)(H,13,14). The SMILES string of the molecule is CC(NC(=O)CN(C)CCO)C(=O)O. The van der Waals surface area contributed by atoms with Crippen LogP contribution in [0, 0.1) is 0 Å². The molecule has 14 heavy (non-hydrogen) atoms. The minimum atomic E-state index is -1.07.